The topological polar surface area (TPSA) is 166 Å². The van der Waals surface area contributed by atoms with Gasteiger partial charge in [-0.3, -0.25) is 4.79 Å². The first-order chi connectivity index (χ1) is 20.9. The van der Waals surface area contributed by atoms with Crippen LogP contribution in [0.5, 0.6) is 5.88 Å². The van der Waals surface area contributed by atoms with Gasteiger partial charge in [-0.25, -0.2) is 23.2 Å². The molecule has 4 N–H and O–H groups in total. The summed E-state index contributed by atoms with van der Waals surface area (Å²) in [7, 11) is -3.43. The molecule has 1 fully saturated rings. The van der Waals surface area contributed by atoms with Crippen LogP contribution in [0, 0.1) is 0 Å². The number of sulfone groups is 1. The second kappa shape index (κ2) is 14.6. The summed E-state index contributed by atoms with van der Waals surface area (Å²) < 4.78 is 60.5. The summed E-state index contributed by atoms with van der Waals surface area (Å²) in [6.07, 6.45) is 2.72. The number of anilines is 1. The molecule has 0 unspecified atom stereocenters. The maximum atomic E-state index is 13.2. The molecule has 3 aromatic rings. The van der Waals surface area contributed by atoms with Crippen LogP contribution in [-0.2, 0) is 14.6 Å². The van der Waals surface area contributed by atoms with Crippen LogP contribution in [0.1, 0.15) is 35.3 Å². The first-order valence-corrected chi connectivity index (χ1v) is 15.6. The first kappa shape index (κ1) is 32.8. The van der Waals surface area contributed by atoms with Crippen LogP contribution >= 0.6 is 11.6 Å². The standard InChI is InChI=1S/C28H31ClF2N6O6S/c1-2-44(40,41)22-7-3-17(4-8-22)23(14-35-28(32)39)36-26(38)18-5-9-24(33-12-18)37-15-21(11-20(37)16-42-27(30)31)43-25-10-6-19(29)13-34-25/h3-10,12-13,20-21,23,27H,2,11,14-16H2,1H3,(H,36,38)(H3,32,35,39)/t20-,21+,23-/m0/s1. The van der Waals surface area contributed by atoms with Gasteiger partial charge in [0.25, 0.3) is 5.91 Å². The molecule has 0 radical (unpaired) electrons. The Morgan fingerprint density at radius 2 is 1.86 bits per heavy atom. The van der Waals surface area contributed by atoms with Crippen LogP contribution in [0.25, 0.3) is 0 Å². The van der Waals surface area contributed by atoms with E-state index in [0.717, 1.165) is 0 Å². The molecule has 12 nitrogen and oxygen atoms in total. The highest BCUT2D eigenvalue weighted by Gasteiger charge is 2.35. The van der Waals surface area contributed by atoms with Gasteiger partial charge < -0.3 is 30.7 Å². The third-order valence-electron chi connectivity index (χ3n) is 6.89. The fourth-order valence-electron chi connectivity index (χ4n) is 4.65. The molecule has 1 aromatic carbocycles. The molecule has 44 heavy (non-hydrogen) atoms. The molecule has 3 atom stereocenters. The lowest BCUT2D eigenvalue weighted by molar-refractivity contribution is -0.131. The minimum Gasteiger partial charge on any atom is -0.472 e. The molecule has 4 rings (SSSR count). The summed E-state index contributed by atoms with van der Waals surface area (Å²) in [6.45, 7) is -1.45. The second-order valence-electron chi connectivity index (χ2n) is 9.84. The van der Waals surface area contributed by atoms with Crippen molar-refractivity contribution < 1.29 is 36.3 Å². The van der Waals surface area contributed by atoms with Crippen molar-refractivity contribution in [1.82, 2.24) is 20.6 Å². The number of carbonyl (C=O) groups is 2. The number of benzene rings is 1. The van der Waals surface area contributed by atoms with Crippen molar-refractivity contribution >= 4 is 39.2 Å². The zero-order valence-electron chi connectivity index (χ0n) is 23.5. The van der Waals surface area contributed by atoms with Crippen LogP contribution < -0.4 is 26.0 Å². The Morgan fingerprint density at radius 1 is 1.11 bits per heavy atom. The predicted molar refractivity (Wildman–Crippen MR) is 158 cm³/mol. The Hall–Kier alpha value is -4.08. The third kappa shape index (κ3) is 8.74. The molecule has 3 amide bonds. The average molecular weight is 653 g/mol. The van der Waals surface area contributed by atoms with Crippen molar-refractivity contribution in [1.29, 1.82) is 0 Å². The van der Waals surface area contributed by atoms with Gasteiger partial charge in [-0.15, -0.1) is 0 Å². The molecule has 1 aliphatic heterocycles. The van der Waals surface area contributed by atoms with Crippen molar-refractivity contribution in [2.75, 3.05) is 30.3 Å². The monoisotopic (exact) mass is 652 g/mol. The zero-order chi connectivity index (χ0) is 31.9. The molecule has 1 saturated heterocycles. The zero-order valence-corrected chi connectivity index (χ0v) is 25.1. The maximum absolute atomic E-state index is 13.2. The van der Waals surface area contributed by atoms with Crippen LogP contribution in [0.3, 0.4) is 0 Å². The van der Waals surface area contributed by atoms with Crippen molar-refractivity contribution in [2.24, 2.45) is 5.73 Å². The van der Waals surface area contributed by atoms with Gasteiger partial charge in [0.15, 0.2) is 9.84 Å². The third-order valence-corrected chi connectivity index (χ3v) is 8.86. The number of nitrogens with two attached hydrogens (primary N) is 1. The van der Waals surface area contributed by atoms with Gasteiger partial charge in [0.2, 0.25) is 5.88 Å². The van der Waals surface area contributed by atoms with E-state index in [0.29, 0.717) is 35.2 Å². The van der Waals surface area contributed by atoms with E-state index >= 15 is 0 Å². The molecule has 16 heteroatoms. The molecule has 3 heterocycles. The second-order valence-corrected chi connectivity index (χ2v) is 12.6. The molecule has 0 aliphatic carbocycles. The quantitative estimate of drug-likeness (QED) is 0.251. The number of carbonyl (C=O) groups excluding carboxylic acids is 2. The van der Waals surface area contributed by atoms with Crippen LogP contribution in [0.2, 0.25) is 5.02 Å². The number of alkyl halides is 2. The normalized spacial score (nSPS) is 17.3. The number of rotatable bonds is 13. The fourth-order valence-corrected chi connectivity index (χ4v) is 5.64. The summed E-state index contributed by atoms with van der Waals surface area (Å²) in [6, 6.07) is 10.2. The van der Waals surface area contributed by atoms with Gasteiger partial charge in [0, 0.05) is 31.4 Å². The van der Waals surface area contributed by atoms with E-state index in [1.165, 1.54) is 37.5 Å². The van der Waals surface area contributed by atoms with Gasteiger partial charge in [0.05, 0.1) is 46.5 Å². The van der Waals surface area contributed by atoms with E-state index in [4.69, 9.17) is 22.1 Å². The van der Waals surface area contributed by atoms with Gasteiger partial charge in [-0.2, -0.15) is 8.78 Å². The number of nitrogens with one attached hydrogen (secondary N) is 2. The van der Waals surface area contributed by atoms with E-state index in [1.54, 1.807) is 35.2 Å². The lowest BCUT2D eigenvalue weighted by Crippen LogP contribution is -2.40. The van der Waals surface area contributed by atoms with Crippen molar-refractivity contribution in [2.45, 2.75) is 43.0 Å². The van der Waals surface area contributed by atoms with Crippen LogP contribution in [0.4, 0.5) is 19.4 Å². The summed E-state index contributed by atoms with van der Waals surface area (Å²) in [5.74, 6) is 0.152. The molecule has 1 aliphatic rings. The van der Waals surface area contributed by atoms with Crippen molar-refractivity contribution in [3.8, 4) is 5.88 Å². The maximum Gasteiger partial charge on any atom is 0.345 e. The lowest BCUT2D eigenvalue weighted by atomic mass is 10.1. The molecule has 236 valence electrons. The highest BCUT2D eigenvalue weighted by atomic mass is 35.5. The molecule has 0 saturated carbocycles. The summed E-state index contributed by atoms with van der Waals surface area (Å²) in [4.78, 5) is 34.9. The Morgan fingerprint density at radius 3 is 2.45 bits per heavy atom. The Labute approximate surface area is 257 Å². The number of halogens is 3. The minimum atomic E-state index is -3.43. The van der Waals surface area contributed by atoms with Gasteiger partial charge in [-0.05, 0) is 35.9 Å². The van der Waals surface area contributed by atoms with E-state index in [1.807, 2.05) is 0 Å². The van der Waals surface area contributed by atoms with Crippen molar-refractivity contribution in [3.63, 3.8) is 0 Å². The van der Waals surface area contributed by atoms with E-state index in [2.05, 4.69) is 25.3 Å². The number of ether oxygens (including phenoxy) is 2. The molecular weight excluding hydrogens is 622 g/mol. The largest absolute Gasteiger partial charge is 0.472 e. The number of aromatic nitrogens is 2. The van der Waals surface area contributed by atoms with Gasteiger partial charge >= 0.3 is 12.6 Å². The number of pyridine rings is 2. The predicted octanol–water partition coefficient (Wildman–Crippen LogP) is 3.33. The Kier molecular flexibility index (Phi) is 10.9. The summed E-state index contributed by atoms with van der Waals surface area (Å²) >= 11 is 5.88. The number of hydrogen-bond donors (Lipinski definition) is 3. The van der Waals surface area contributed by atoms with Crippen molar-refractivity contribution in [3.05, 3.63) is 77.1 Å². The SMILES string of the molecule is CCS(=O)(=O)c1ccc([C@H](CNC(N)=O)NC(=O)c2ccc(N3C[C@H](Oc4ccc(Cl)cn4)C[C@H]3COC(F)F)nc2)cc1. The smallest absolute Gasteiger partial charge is 0.345 e. The number of urea groups is 1. The molecular formula is C28H31ClF2N6O6S. The molecule has 0 spiro atoms. The number of primary amides is 1. The van der Waals surface area contributed by atoms with Crippen LogP contribution in [-0.4, -0.2) is 74.5 Å². The van der Waals surface area contributed by atoms with E-state index in [9.17, 15) is 26.8 Å². The lowest BCUT2D eigenvalue weighted by Gasteiger charge is -2.25. The molecule has 2 aromatic heterocycles. The number of amides is 3. The summed E-state index contributed by atoms with van der Waals surface area (Å²) in [5.41, 5.74) is 5.93. The molecule has 0 bridgehead atoms. The highest BCUT2D eigenvalue weighted by Crippen LogP contribution is 2.28. The highest BCUT2D eigenvalue weighted by molar-refractivity contribution is 7.91. The van der Waals surface area contributed by atoms with Crippen LogP contribution in [0.15, 0.2) is 65.8 Å². The van der Waals surface area contributed by atoms with Gasteiger partial charge in [0.1, 0.15) is 11.9 Å². The average Bonchev–Trinajstić information content (AvgIpc) is 3.41. The number of hydrogen-bond acceptors (Lipinski definition) is 9. The Bertz CT molecular complexity index is 1530. The van der Waals surface area contributed by atoms with E-state index < -0.39 is 46.6 Å². The summed E-state index contributed by atoms with van der Waals surface area (Å²) in [5, 5.41) is 5.68. The first-order valence-electron chi connectivity index (χ1n) is 13.5. The minimum absolute atomic E-state index is 0.0596. The van der Waals surface area contributed by atoms with E-state index in [-0.39, 0.29) is 29.4 Å². The Balaban J connectivity index is 1.48. The number of nitrogens with zero attached hydrogens (tertiary/aromatic N) is 3. The van der Waals surface area contributed by atoms with Gasteiger partial charge in [-0.1, -0.05) is 30.7 Å². The fraction of sp³-hybridized carbons (Fsp3) is 0.357.